The molecule has 0 atom stereocenters. The molecule has 0 N–H and O–H groups in total. The van der Waals surface area contributed by atoms with Crippen LogP contribution in [0.1, 0.15) is 71.3 Å². The first kappa shape index (κ1) is 21.7. The van der Waals surface area contributed by atoms with Crippen molar-refractivity contribution < 1.29 is 19.1 Å². The van der Waals surface area contributed by atoms with Gasteiger partial charge in [0.25, 0.3) is 0 Å². The van der Waals surface area contributed by atoms with Crippen LogP contribution in [0.2, 0.25) is 0 Å². The fourth-order valence-electron chi connectivity index (χ4n) is 4.89. The number of carbonyl (C=O) groups excluding carboxylic acids is 2. The van der Waals surface area contributed by atoms with Gasteiger partial charge in [0, 0.05) is 25.9 Å². The summed E-state index contributed by atoms with van der Waals surface area (Å²) in [7, 11) is 0. The number of likely N-dealkylation sites (tertiary alicyclic amines) is 1. The van der Waals surface area contributed by atoms with E-state index < -0.39 is 0 Å². The number of hydrogen-bond acceptors (Lipinski definition) is 5. The minimum Gasteiger partial charge on any atom is -0.454 e. The second kappa shape index (κ2) is 8.89. The molecule has 2 aliphatic heterocycles. The molecule has 0 unspecified atom stereocenters. The largest absolute Gasteiger partial charge is 0.454 e. The van der Waals surface area contributed by atoms with E-state index in [4.69, 9.17) is 9.47 Å². The summed E-state index contributed by atoms with van der Waals surface area (Å²) in [6, 6.07) is 5.89. The Morgan fingerprint density at radius 1 is 1.00 bits per heavy atom. The van der Waals surface area contributed by atoms with Crippen LogP contribution in [-0.2, 0) is 9.59 Å². The van der Waals surface area contributed by atoms with Crippen LogP contribution in [-0.4, -0.2) is 36.3 Å². The van der Waals surface area contributed by atoms with Gasteiger partial charge < -0.3 is 14.4 Å². The van der Waals surface area contributed by atoms with Crippen molar-refractivity contribution in [3.05, 3.63) is 40.6 Å². The number of rotatable bonds is 4. The third-order valence-electron chi connectivity index (χ3n) is 6.42. The minimum absolute atomic E-state index is 0.00877. The fourth-order valence-corrected chi connectivity index (χ4v) is 4.89. The summed E-state index contributed by atoms with van der Waals surface area (Å²) in [5.74, 6) is 1.47. The highest BCUT2D eigenvalue weighted by molar-refractivity contribution is 6.23. The summed E-state index contributed by atoms with van der Waals surface area (Å²) in [5.41, 5.74) is 3.06. The molecule has 4 rings (SSSR count). The molecule has 1 aromatic rings. The molecule has 31 heavy (non-hydrogen) atoms. The van der Waals surface area contributed by atoms with E-state index in [1.807, 2.05) is 32.0 Å². The van der Waals surface area contributed by atoms with E-state index in [9.17, 15) is 9.59 Å². The summed E-state index contributed by atoms with van der Waals surface area (Å²) in [6.45, 7) is 8.13. The standard InChI is InChI=1S/C26H33NO4/c1-4-19(13-18-9-10-22-23(14-18)31-17-30-22)25(27-11-7-5-6-8-12-27)24-20(28)15-26(2,3)16-21(24)29/h9-10,13-14H,4-8,11-12,15-17H2,1-3H3/b19-13-. The highest BCUT2D eigenvalue weighted by atomic mass is 16.7. The lowest BCUT2D eigenvalue weighted by molar-refractivity contribution is -0.127. The zero-order valence-electron chi connectivity index (χ0n) is 19.0. The Bertz CT molecular complexity index is 911. The van der Waals surface area contributed by atoms with Gasteiger partial charge in [0.1, 0.15) is 0 Å². The van der Waals surface area contributed by atoms with Gasteiger partial charge in [-0.05, 0) is 54.0 Å². The van der Waals surface area contributed by atoms with E-state index in [0.717, 1.165) is 60.7 Å². The molecule has 0 radical (unpaired) electrons. The molecular weight excluding hydrogens is 390 g/mol. The van der Waals surface area contributed by atoms with Gasteiger partial charge in [0.2, 0.25) is 6.79 Å². The van der Waals surface area contributed by atoms with E-state index in [1.54, 1.807) is 0 Å². The number of carbonyl (C=O) groups is 2. The normalized spacial score (nSPS) is 21.3. The number of ether oxygens (including phenoxy) is 2. The monoisotopic (exact) mass is 423 g/mol. The Hall–Kier alpha value is -2.56. The van der Waals surface area contributed by atoms with E-state index >= 15 is 0 Å². The van der Waals surface area contributed by atoms with Crippen LogP contribution < -0.4 is 9.47 Å². The van der Waals surface area contributed by atoms with Gasteiger partial charge >= 0.3 is 0 Å². The van der Waals surface area contributed by atoms with Crippen molar-refractivity contribution in [3.8, 4) is 11.5 Å². The van der Waals surface area contributed by atoms with Gasteiger partial charge in [-0.3, -0.25) is 9.59 Å². The van der Waals surface area contributed by atoms with Gasteiger partial charge in [-0.15, -0.1) is 0 Å². The Morgan fingerprint density at radius 2 is 1.65 bits per heavy atom. The lowest BCUT2D eigenvalue weighted by Crippen LogP contribution is -2.36. The summed E-state index contributed by atoms with van der Waals surface area (Å²) in [6.07, 6.45) is 8.27. The van der Waals surface area contributed by atoms with Gasteiger partial charge in [-0.25, -0.2) is 0 Å². The van der Waals surface area contributed by atoms with Crippen molar-refractivity contribution in [1.82, 2.24) is 4.90 Å². The molecule has 5 heteroatoms. The van der Waals surface area contributed by atoms with Crippen molar-refractivity contribution in [1.29, 1.82) is 0 Å². The van der Waals surface area contributed by atoms with Crippen LogP contribution >= 0.6 is 0 Å². The van der Waals surface area contributed by atoms with Crippen LogP contribution in [0.15, 0.2) is 35.0 Å². The number of ketones is 2. The number of Topliss-reactive ketones (excluding diaryl/α,β-unsaturated/α-hetero) is 2. The highest BCUT2D eigenvalue weighted by Gasteiger charge is 2.39. The second-order valence-electron chi connectivity index (χ2n) is 9.62. The molecule has 0 amide bonds. The highest BCUT2D eigenvalue weighted by Crippen LogP contribution is 2.39. The molecule has 1 aliphatic carbocycles. The molecule has 5 nitrogen and oxygen atoms in total. The number of nitrogens with zero attached hydrogens (tertiary/aromatic N) is 1. The molecule has 2 heterocycles. The first-order valence-electron chi connectivity index (χ1n) is 11.5. The molecule has 3 aliphatic rings. The molecule has 166 valence electrons. The van der Waals surface area contributed by atoms with Crippen LogP contribution in [0.25, 0.3) is 6.08 Å². The van der Waals surface area contributed by atoms with E-state index in [-0.39, 0.29) is 23.8 Å². The summed E-state index contributed by atoms with van der Waals surface area (Å²) >= 11 is 0. The Morgan fingerprint density at radius 3 is 2.29 bits per heavy atom. The van der Waals surface area contributed by atoms with Crippen LogP contribution in [0, 0.1) is 5.41 Å². The van der Waals surface area contributed by atoms with Crippen molar-refractivity contribution in [2.75, 3.05) is 19.9 Å². The maximum absolute atomic E-state index is 13.2. The molecule has 1 aromatic carbocycles. The van der Waals surface area contributed by atoms with Crippen LogP contribution in [0.4, 0.5) is 0 Å². The van der Waals surface area contributed by atoms with Gasteiger partial charge in [0.15, 0.2) is 23.1 Å². The molecule has 0 spiro atoms. The van der Waals surface area contributed by atoms with Crippen molar-refractivity contribution in [2.24, 2.45) is 5.41 Å². The molecule has 1 saturated carbocycles. The lowest BCUT2D eigenvalue weighted by atomic mass is 9.73. The molecular formula is C26H33NO4. The summed E-state index contributed by atoms with van der Waals surface area (Å²) in [5, 5.41) is 0. The molecule has 2 fully saturated rings. The van der Waals surface area contributed by atoms with Gasteiger partial charge in [-0.2, -0.15) is 0 Å². The second-order valence-corrected chi connectivity index (χ2v) is 9.62. The fraction of sp³-hybridized carbons (Fsp3) is 0.538. The average molecular weight is 424 g/mol. The topological polar surface area (TPSA) is 55.8 Å². The smallest absolute Gasteiger partial charge is 0.231 e. The molecule has 1 saturated heterocycles. The molecule has 0 bridgehead atoms. The zero-order valence-corrected chi connectivity index (χ0v) is 19.0. The summed E-state index contributed by atoms with van der Waals surface area (Å²) in [4.78, 5) is 28.8. The van der Waals surface area contributed by atoms with Crippen LogP contribution in [0.5, 0.6) is 11.5 Å². The SMILES string of the molecule is CC/C(=C/c1ccc2c(c1)OCO2)C(=C1C(=O)CC(C)(C)CC1=O)N1CCCCCC1. The van der Waals surface area contributed by atoms with E-state index in [2.05, 4.69) is 17.9 Å². The number of hydrogen-bond donors (Lipinski definition) is 0. The van der Waals surface area contributed by atoms with E-state index in [1.165, 1.54) is 12.8 Å². The van der Waals surface area contributed by atoms with Crippen LogP contribution in [0.3, 0.4) is 0 Å². The quantitative estimate of drug-likeness (QED) is 0.486. The third-order valence-corrected chi connectivity index (χ3v) is 6.42. The predicted molar refractivity (Wildman–Crippen MR) is 121 cm³/mol. The van der Waals surface area contributed by atoms with Gasteiger partial charge in [0.05, 0.1) is 11.3 Å². The minimum atomic E-state index is -0.269. The van der Waals surface area contributed by atoms with Crippen molar-refractivity contribution >= 4 is 17.6 Å². The third kappa shape index (κ3) is 4.70. The van der Waals surface area contributed by atoms with Crippen molar-refractivity contribution in [3.63, 3.8) is 0 Å². The maximum atomic E-state index is 13.2. The predicted octanol–water partition coefficient (Wildman–Crippen LogP) is 5.30. The maximum Gasteiger partial charge on any atom is 0.231 e. The number of benzene rings is 1. The zero-order chi connectivity index (χ0) is 22.0. The number of fused-ring (bicyclic) bond motifs is 1. The average Bonchev–Trinajstić information content (AvgIpc) is 3.01. The Labute approximate surface area is 185 Å². The summed E-state index contributed by atoms with van der Waals surface area (Å²) < 4.78 is 11.0. The first-order valence-corrected chi connectivity index (χ1v) is 11.5. The number of allylic oxidation sites excluding steroid dienone is 2. The molecule has 0 aromatic heterocycles. The lowest BCUT2D eigenvalue weighted by Gasteiger charge is -2.34. The Balaban J connectivity index is 1.81. The Kier molecular flexibility index (Phi) is 6.22. The van der Waals surface area contributed by atoms with Gasteiger partial charge in [-0.1, -0.05) is 39.7 Å². The van der Waals surface area contributed by atoms with E-state index in [0.29, 0.717) is 18.4 Å². The first-order chi connectivity index (χ1) is 14.9. The van der Waals surface area contributed by atoms with Crippen molar-refractivity contribution in [2.45, 2.75) is 65.7 Å².